The number of thiazole rings is 1. The van der Waals surface area contributed by atoms with Crippen molar-refractivity contribution in [3.63, 3.8) is 0 Å². The fourth-order valence-corrected chi connectivity index (χ4v) is 4.79. The number of rotatable bonds is 6. The Balaban J connectivity index is 1.57. The van der Waals surface area contributed by atoms with Gasteiger partial charge in [0.05, 0.1) is 16.9 Å². The summed E-state index contributed by atoms with van der Waals surface area (Å²) in [6.45, 7) is 4.52. The molecule has 0 radical (unpaired) electrons. The number of carboxylic acids is 1. The number of carbonyl (C=O) groups excluding carboxylic acids is 1. The Morgan fingerprint density at radius 1 is 1.46 bits per heavy atom. The molecular weight excluding hydrogens is 374 g/mol. The average molecular weight is 396 g/mol. The number of aromatic nitrogens is 2. The largest absolute Gasteiger partial charge is 0.481 e. The molecule has 140 valence electrons. The Morgan fingerprint density at radius 2 is 2.23 bits per heavy atom. The van der Waals surface area contributed by atoms with Gasteiger partial charge in [-0.05, 0) is 12.3 Å². The summed E-state index contributed by atoms with van der Waals surface area (Å²) in [5.74, 6) is -0.200. The minimum atomic E-state index is -0.846. The van der Waals surface area contributed by atoms with E-state index in [2.05, 4.69) is 4.98 Å². The molecule has 1 saturated heterocycles. The highest BCUT2D eigenvalue weighted by atomic mass is 32.2. The third kappa shape index (κ3) is 3.50. The van der Waals surface area contributed by atoms with E-state index in [1.54, 1.807) is 16.5 Å². The SMILES string of the molecule is CC(C)C1(C(=O)O)CCN(C(=O)CSCc2cc(=O)n3ccsc3n2)C1. The van der Waals surface area contributed by atoms with Gasteiger partial charge in [0.25, 0.3) is 5.56 Å². The number of nitrogens with zero attached hydrogens (tertiary/aromatic N) is 3. The van der Waals surface area contributed by atoms with Crippen LogP contribution in [0.3, 0.4) is 0 Å². The molecule has 0 spiro atoms. The van der Waals surface area contributed by atoms with Crippen LogP contribution in [0, 0.1) is 11.3 Å². The summed E-state index contributed by atoms with van der Waals surface area (Å²) in [4.78, 5) is 42.8. The van der Waals surface area contributed by atoms with E-state index in [0.29, 0.717) is 29.4 Å². The molecule has 1 aliphatic heterocycles. The number of carboxylic acid groups (broad SMARTS) is 1. The van der Waals surface area contributed by atoms with Crippen molar-refractivity contribution in [2.24, 2.45) is 11.3 Å². The van der Waals surface area contributed by atoms with Gasteiger partial charge in [0, 0.05) is 36.5 Å². The van der Waals surface area contributed by atoms with E-state index in [0.717, 1.165) is 0 Å². The fraction of sp³-hybridized carbons (Fsp3) is 0.529. The van der Waals surface area contributed by atoms with Crippen LogP contribution in [0.2, 0.25) is 0 Å². The zero-order valence-corrected chi connectivity index (χ0v) is 16.3. The lowest BCUT2D eigenvalue weighted by molar-refractivity contribution is -0.151. The number of hydrogen-bond acceptors (Lipinski definition) is 6. The second-order valence-corrected chi connectivity index (χ2v) is 8.67. The molecule has 0 bridgehead atoms. The number of likely N-dealkylation sites (tertiary alicyclic amines) is 1. The highest BCUT2D eigenvalue weighted by molar-refractivity contribution is 7.99. The molecule has 1 fully saturated rings. The Labute approximate surface area is 159 Å². The summed E-state index contributed by atoms with van der Waals surface area (Å²) in [6, 6.07) is 1.49. The van der Waals surface area contributed by atoms with Gasteiger partial charge in [0.15, 0.2) is 4.96 Å². The lowest BCUT2D eigenvalue weighted by Gasteiger charge is -2.28. The van der Waals surface area contributed by atoms with Crippen LogP contribution in [0.25, 0.3) is 4.96 Å². The maximum absolute atomic E-state index is 12.4. The van der Waals surface area contributed by atoms with Crippen LogP contribution in [-0.2, 0) is 15.3 Å². The van der Waals surface area contributed by atoms with Gasteiger partial charge in [-0.3, -0.25) is 18.8 Å². The summed E-state index contributed by atoms with van der Waals surface area (Å²) in [6.07, 6.45) is 2.18. The molecule has 0 aromatic carbocycles. The van der Waals surface area contributed by atoms with Gasteiger partial charge in [-0.1, -0.05) is 13.8 Å². The van der Waals surface area contributed by atoms with Gasteiger partial charge in [-0.2, -0.15) is 0 Å². The zero-order valence-electron chi connectivity index (χ0n) is 14.7. The molecule has 1 amide bonds. The van der Waals surface area contributed by atoms with Crippen molar-refractivity contribution in [2.45, 2.75) is 26.0 Å². The number of fused-ring (bicyclic) bond motifs is 1. The summed E-state index contributed by atoms with van der Waals surface area (Å²) >= 11 is 2.79. The predicted molar refractivity (Wildman–Crippen MR) is 102 cm³/mol. The van der Waals surface area contributed by atoms with Crippen LogP contribution in [0.4, 0.5) is 0 Å². The molecule has 1 atom stereocenters. The van der Waals surface area contributed by atoms with E-state index in [-0.39, 0.29) is 29.7 Å². The standard InChI is InChI=1S/C17H21N3O4S2/c1-11(2)17(15(23)24)3-4-19(10-17)14(22)9-25-8-12-7-13(21)20-5-6-26-16(20)18-12/h5-7,11H,3-4,8-10H2,1-2H3,(H,23,24). The van der Waals surface area contributed by atoms with Gasteiger partial charge >= 0.3 is 5.97 Å². The maximum atomic E-state index is 12.4. The number of aliphatic carboxylic acids is 1. The normalized spacial score (nSPS) is 20.2. The molecule has 3 heterocycles. The molecule has 2 aromatic heterocycles. The molecule has 1 N–H and O–H groups in total. The van der Waals surface area contributed by atoms with Crippen LogP contribution in [0.15, 0.2) is 22.4 Å². The van der Waals surface area contributed by atoms with E-state index in [9.17, 15) is 19.5 Å². The van der Waals surface area contributed by atoms with Gasteiger partial charge in [0.1, 0.15) is 0 Å². The van der Waals surface area contributed by atoms with Gasteiger partial charge in [0.2, 0.25) is 5.91 Å². The average Bonchev–Trinajstić information content (AvgIpc) is 3.22. The van der Waals surface area contributed by atoms with Gasteiger partial charge < -0.3 is 10.0 Å². The smallest absolute Gasteiger partial charge is 0.311 e. The van der Waals surface area contributed by atoms with E-state index in [1.807, 2.05) is 13.8 Å². The van der Waals surface area contributed by atoms with E-state index < -0.39 is 11.4 Å². The second-order valence-electron chi connectivity index (χ2n) is 6.82. The Hall–Kier alpha value is -1.87. The molecule has 1 unspecified atom stereocenters. The van der Waals surface area contributed by atoms with Crippen molar-refractivity contribution in [3.05, 3.63) is 33.7 Å². The molecule has 26 heavy (non-hydrogen) atoms. The first kappa shape index (κ1) is 18.9. The Morgan fingerprint density at radius 3 is 2.88 bits per heavy atom. The summed E-state index contributed by atoms with van der Waals surface area (Å²) in [5, 5.41) is 11.4. The zero-order chi connectivity index (χ0) is 18.9. The van der Waals surface area contributed by atoms with E-state index >= 15 is 0 Å². The lowest BCUT2D eigenvalue weighted by Crippen LogP contribution is -2.41. The van der Waals surface area contributed by atoms with Crippen LogP contribution < -0.4 is 5.56 Å². The molecular formula is C17H21N3O4S2. The Kier molecular flexibility index (Phi) is 5.38. The number of thioether (sulfide) groups is 1. The molecule has 0 aliphatic carbocycles. The van der Waals surface area contributed by atoms with Crippen molar-refractivity contribution in [1.29, 1.82) is 0 Å². The molecule has 9 heteroatoms. The number of hydrogen-bond donors (Lipinski definition) is 1. The molecule has 7 nitrogen and oxygen atoms in total. The van der Waals surface area contributed by atoms with E-state index in [1.165, 1.54) is 33.6 Å². The number of amides is 1. The minimum absolute atomic E-state index is 0.0276. The highest BCUT2D eigenvalue weighted by Crippen LogP contribution is 2.38. The first-order valence-electron chi connectivity index (χ1n) is 8.38. The van der Waals surface area contributed by atoms with Crippen LogP contribution in [-0.4, -0.2) is 50.1 Å². The third-order valence-corrected chi connectivity index (χ3v) is 6.72. The monoisotopic (exact) mass is 395 g/mol. The summed E-state index contributed by atoms with van der Waals surface area (Å²) in [7, 11) is 0. The van der Waals surface area contributed by atoms with Crippen molar-refractivity contribution in [2.75, 3.05) is 18.8 Å². The highest BCUT2D eigenvalue weighted by Gasteiger charge is 2.48. The third-order valence-electron chi connectivity index (χ3n) is 5.02. The van der Waals surface area contributed by atoms with E-state index in [4.69, 9.17) is 0 Å². The topological polar surface area (TPSA) is 92.0 Å². The van der Waals surface area contributed by atoms with Crippen LogP contribution in [0.1, 0.15) is 26.0 Å². The quantitative estimate of drug-likeness (QED) is 0.804. The molecule has 2 aromatic rings. The molecule has 1 aliphatic rings. The number of carbonyl (C=O) groups is 2. The predicted octanol–water partition coefficient (Wildman–Crippen LogP) is 1.95. The van der Waals surface area contributed by atoms with Gasteiger partial charge in [-0.25, -0.2) is 4.98 Å². The lowest BCUT2D eigenvalue weighted by atomic mass is 9.76. The molecule has 3 rings (SSSR count). The maximum Gasteiger partial charge on any atom is 0.311 e. The minimum Gasteiger partial charge on any atom is -0.481 e. The van der Waals surface area contributed by atoms with Crippen molar-refractivity contribution in [1.82, 2.24) is 14.3 Å². The van der Waals surface area contributed by atoms with Crippen molar-refractivity contribution >= 4 is 39.9 Å². The van der Waals surface area contributed by atoms with Gasteiger partial charge in [-0.15, -0.1) is 23.1 Å². The van der Waals surface area contributed by atoms with Crippen LogP contribution >= 0.6 is 23.1 Å². The van der Waals surface area contributed by atoms with Crippen molar-refractivity contribution in [3.8, 4) is 0 Å². The van der Waals surface area contributed by atoms with Crippen molar-refractivity contribution < 1.29 is 14.7 Å². The fourth-order valence-electron chi connectivity index (χ4n) is 3.23. The summed E-state index contributed by atoms with van der Waals surface area (Å²) in [5.41, 5.74) is -0.319. The second kappa shape index (κ2) is 7.40. The Bertz CT molecular complexity index is 892. The molecule has 0 saturated carbocycles. The van der Waals surface area contributed by atoms with Crippen LogP contribution in [0.5, 0.6) is 0 Å². The first-order chi connectivity index (χ1) is 12.3. The summed E-state index contributed by atoms with van der Waals surface area (Å²) < 4.78 is 1.49. The first-order valence-corrected chi connectivity index (χ1v) is 10.4.